The Bertz CT molecular complexity index is 1280. The largest absolute Gasteiger partial charge is 0.495 e. The molecule has 31 heavy (non-hydrogen) atoms. The van der Waals surface area contributed by atoms with Crippen molar-refractivity contribution in [2.45, 2.75) is 11.8 Å². The third-order valence-corrected chi connectivity index (χ3v) is 6.22. The number of nitrogens with one attached hydrogen (secondary N) is 1. The third kappa shape index (κ3) is 3.79. The van der Waals surface area contributed by atoms with Crippen LogP contribution in [0.1, 0.15) is 17.3 Å². The van der Waals surface area contributed by atoms with E-state index in [1.54, 1.807) is 29.2 Å². The van der Waals surface area contributed by atoms with Crippen LogP contribution in [0.4, 0.5) is 15.8 Å². The summed E-state index contributed by atoms with van der Waals surface area (Å²) in [5, 5.41) is 0. The maximum Gasteiger partial charge on any atom is 0.265 e. The number of ether oxygens (including phenoxy) is 2. The number of amides is 1. The Morgan fingerprint density at radius 2 is 1.84 bits per heavy atom. The molecule has 0 atom stereocenters. The summed E-state index contributed by atoms with van der Waals surface area (Å²) in [6.45, 7) is 2.23. The van der Waals surface area contributed by atoms with Gasteiger partial charge in [-0.2, -0.15) is 0 Å². The van der Waals surface area contributed by atoms with Crippen LogP contribution >= 0.6 is 0 Å². The number of nitrogens with zero attached hydrogens (tertiary/aromatic N) is 1. The van der Waals surface area contributed by atoms with Crippen LogP contribution in [-0.2, 0) is 10.0 Å². The predicted molar refractivity (Wildman–Crippen MR) is 114 cm³/mol. The lowest BCUT2D eigenvalue weighted by molar-refractivity contribution is 0.0988. The van der Waals surface area contributed by atoms with Gasteiger partial charge in [-0.3, -0.25) is 9.52 Å². The zero-order valence-electron chi connectivity index (χ0n) is 16.8. The highest BCUT2D eigenvalue weighted by atomic mass is 32.2. The molecular formula is C22H19FN2O5S. The first-order valence-corrected chi connectivity index (χ1v) is 10.9. The number of hydrogen-bond acceptors (Lipinski definition) is 5. The molecule has 4 rings (SSSR count). The lowest BCUT2D eigenvalue weighted by Gasteiger charge is -2.20. The van der Waals surface area contributed by atoms with E-state index in [0.29, 0.717) is 23.7 Å². The zero-order chi connectivity index (χ0) is 22.2. The molecular weight excluding hydrogens is 423 g/mol. The summed E-state index contributed by atoms with van der Waals surface area (Å²) >= 11 is 0. The minimum Gasteiger partial charge on any atom is -0.495 e. The van der Waals surface area contributed by atoms with Gasteiger partial charge in [0, 0.05) is 12.2 Å². The molecule has 0 saturated carbocycles. The molecule has 0 spiro atoms. The van der Waals surface area contributed by atoms with E-state index in [4.69, 9.17) is 9.47 Å². The molecule has 1 aliphatic heterocycles. The van der Waals surface area contributed by atoms with E-state index in [2.05, 4.69) is 4.72 Å². The molecule has 7 nitrogen and oxygen atoms in total. The molecule has 160 valence electrons. The molecule has 0 fully saturated rings. The number of benzene rings is 3. The number of halogens is 1. The minimum atomic E-state index is -4.19. The highest BCUT2D eigenvalue weighted by molar-refractivity contribution is 7.92. The van der Waals surface area contributed by atoms with Gasteiger partial charge in [-0.1, -0.05) is 12.1 Å². The molecule has 1 aliphatic rings. The van der Waals surface area contributed by atoms with Crippen LogP contribution in [0.2, 0.25) is 0 Å². The predicted octanol–water partition coefficient (Wildman–Crippen LogP) is 4.41. The number of carbonyl (C=O) groups is 1. The average Bonchev–Trinajstić information content (AvgIpc) is 2.87. The summed E-state index contributed by atoms with van der Waals surface area (Å²) in [4.78, 5) is 14.4. The van der Waals surface area contributed by atoms with Crippen LogP contribution in [0.3, 0.4) is 0 Å². The smallest absolute Gasteiger partial charge is 0.265 e. The summed E-state index contributed by atoms with van der Waals surface area (Å²) in [5.41, 5.74) is 0.950. The van der Waals surface area contributed by atoms with E-state index in [9.17, 15) is 17.6 Å². The Hall–Kier alpha value is -3.59. The normalized spacial score (nSPS) is 13.0. The van der Waals surface area contributed by atoms with Crippen LogP contribution in [0.25, 0.3) is 0 Å². The van der Waals surface area contributed by atoms with Gasteiger partial charge < -0.3 is 14.4 Å². The van der Waals surface area contributed by atoms with Crippen molar-refractivity contribution in [3.8, 4) is 17.2 Å². The first-order valence-electron chi connectivity index (χ1n) is 9.43. The number of hydrogen-bond donors (Lipinski definition) is 1. The Kier molecular flexibility index (Phi) is 5.28. The van der Waals surface area contributed by atoms with E-state index in [1.807, 2.05) is 6.92 Å². The van der Waals surface area contributed by atoms with Gasteiger partial charge in [0.2, 0.25) is 0 Å². The highest BCUT2D eigenvalue weighted by Crippen LogP contribution is 2.39. The van der Waals surface area contributed by atoms with E-state index < -0.39 is 15.8 Å². The number of fused-ring (bicyclic) bond motifs is 2. The molecule has 0 bridgehead atoms. The average molecular weight is 442 g/mol. The summed E-state index contributed by atoms with van der Waals surface area (Å²) < 4.78 is 52.7. The fraction of sp³-hybridized carbons (Fsp3) is 0.136. The molecule has 1 amide bonds. The second kappa shape index (κ2) is 7.92. The molecule has 3 aromatic carbocycles. The van der Waals surface area contributed by atoms with Gasteiger partial charge >= 0.3 is 0 Å². The summed E-state index contributed by atoms with van der Waals surface area (Å²) in [6, 6.07) is 14.7. The van der Waals surface area contributed by atoms with Gasteiger partial charge in [0.15, 0.2) is 5.75 Å². The quantitative estimate of drug-likeness (QED) is 0.633. The molecule has 0 aliphatic carbocycles. The van der Waals surface area contributed by atoms with Crippen molar-refractivity contribution in [3.05, 3.63) is 72.0 Å². The van der Waals surface area contributed by atoms with Crippen LogP contribution in [0.5, 0.6) is 17.2 Å². The van der Waals surface area contributed by atoms with Crippen LogP contribution in [0, 0.1) is 5.82 Å². The van der Waals surface area contributed by atoms with Gasteiger partial charge in [0.05, 0.1) is 18.4 Å². The van der Waals surface area contributed by atoms with Crippen molar-refractivity contribution in [2.75, 3.05) is 23.3 Å². The Labute approximate surface area is 179 Å². The number of carbonyl (C=O) groups excluding carboxylic acids is 1. The zero-order valence-corrected chi connectivity index (χ0v) is 17.6. The summed E-state index contributed by atoms with van der Waals surface area (Å²) in [7, 11) is -2.89. The molecule has 0 radical (unpaired) electrons. The molecule has 0 unspecified atom stereocenters. The topological polar surface area (TPSA) is 84.9 Å². The number of methoxy groups -OCH3 is 1. The molecule has 3 aromatic rings. The van der Waals surface area contributed by atoms with Crippen molar-refractivity contribution in [1.82, 2.24) is 0 Å². The molecule has 0 aromatic heterocycles. The van der Waals surface area contributed by atoms with Crippen molar-refractivity contribution in [2.24, 2.45) is 0 Å². The fourth-order valence-corrected chi connectivity index (χ4v) is 4.61. The van der Waals surface area contributed by atoms with Crippen LogP contribution in [-0.4, -0.2) is 28.0 Å². The second-order valence-corrected chi connectivity index (χ2v) is 8.38. The Morgan fingerprint density at radius 3 is 2.58 bits per heavy atom. The Balaban J connectivity index is 1.74. The fourth-order valence-electron chi connectivity index (χ4n) is 3.37. The first kappa shape index (κ1) is 20.7. The van der Waals surface area contributed by atoms with Gasteiger partial charge in [-0.25, -0.2) is 12.8 Å². The number of anilines is 2. The van der Waals surface area contributed by atoms with E-state index in [1.165, 1.54) is 31.4 Å². The SMILES string of the molecule is CCN1C(=O)c2cc(NS(=O)(=O)c3cc(F)ccc3OC)ccc2Oc2ccccc21. The van der Waals surface area contributed by atoms with Crippen molar-refractivity contribution in [3.63, 3.8) is 0 Å². The number of sulfonamides is 1. The molecule has 9 heteroatoms. The lowest BCUT2D eigenvalue weighted by Crippen LogP contribution is -2.29. The molecule has 0 saturated heterocycles. The van der Waals surface area contributed by atoms with Gasteiger partial charge in [0.1, 0.15) is 22.2 Å². The summed E-state index contributed by atoms with van der Waals surface area (Å²) in [5.74, 6) is -0.223. The number of para-hydroxylation sites is 2. The van der Waals surface area contributed by atoms with Crippen molar-refractivity contribution < 1.29 is 27.1 Å². The van der Waals surface area contributed by atoms with Crippen molar-refractivity contribution >= 4 is 27.3 Å². The molecule has 1 heterocycles. The highest BCUT2D eigenvalue weighted by Gasteiger charge is 2.28. The molecule has 1 N–H and O–H groups in total. The maximum atomic E-state index is 13.7. The first-order chi connectivity index (χ1) is 14.8. The lowest BCUT2D eigenvalue weighted by atomic mass is 10.1. The van der Waals surface area contributed by atoms with E-state index >= 15 is 0 Å². The van der Waals surface area contributed by atoms with E-state index in [-0.39, 0.29) is 27.8 Å². The van der Waals surface area contributed by atoms with Gasteiger partial charge in [-0.15, -0.1) is 0 Å². The standard InChI is InChI=1S/C22H19FN2O5S/c1-3-25-17-6-4-5-7-19(17)30-18-11-9-15(13-16(18)22(25)26)24-31(27,28)21-12-14(23)8-10-20(21)29-2/h4-13,24H,3H2,1-2H3. The van der Waals surface area contributed by atoms with E-state index in [0.717, 1.165) is 12.1 Å². The monoisotopic (exact) mass is 442 g/mol. The minimum absolute atomic E-state index is 0.00400. The third-order valence-electron chi connectivity index (χ3n) is 4.81. The maximum absolute atomic E-state index is 13.7. The van der Waals surface area contributed by atoms with Gasteiger partial charge in [-0.05, 0) is 55.5 Å². The summed E-state index contributed by atoms with van der Waals surface area (Å²) in [6.07, 6.45) is 0. The van der Waals surface area contributed by atoms with Crippen LogP contribution < -0.4 is 19.1 Å². The van der Waals surface area contributed by atoms with Gasteiger partial charge in [0.25, 0.3) is 15.9 Å². The Morgan fingerprint density at radius 1 is 1.06 bits per heavy atom. The second-order valence-electron chi connectivity index (χ2n) is 6.73. The van der Waals surface area contributed by atoms with Crippen LogP contribution in [0.15, 0.2) is 65.6 Å². The number of rotatable bonds is 5. The van der Waals surface area contributed by atoms with Crippen molar-refractivity contribution in [1.29, 1.82) is 0 Å².